The highest BCUT2D eigenvalue weighted by molar-refractivity contribution is 9.10. The molecule has 0 atom stereocenters. The summed E-state index contributed by atoms with van der Waals surface area (Å²) in [4.78, 5) is 11.5. The molecule has 0 radical (unpaired) electrons. The third-order valence-corrected chi connectivity index (χ3v) is 3.02. The average Bonchev–Trinajstić information content (AvgIpc) is 2.41. The van der Waals surface area contributed by atoms with Crippen LogP contribution in [0.3, 0.4) is 0 Å². The number of rotatable bonds is 9. The van der Waals surface area contributed by atoms with Crippen LogP contribution in [0.2, 0.25) is 0 Å². The highest BCUT2D eigenvalue weighted by atomic mass is 79.9. The summed E-state index contributed by atoms with van der Waals surface area (Å²) in [5.74, 6) is -0.380. The molecule has 21 heavy (non-hydrogen) atoms. The van der Waals surface area contributed by atoms with E-state index in [-0.39, 0.29) is 37.1 Å². The molecule has 0 bridgehead atoms. The van der Waals surface area contributed by atoms with Crippen molar-refractivity contribution in [2.45, 2.75) is 19.8 Å². The standard InChI is InChI=1S/C14H20BrFN2O2.ClH/c1-2-6-17-7-8-18-14(19)5-9-20-13-4-3-11(15)10-12(13)16;/h3-4,10,17H,2,5-9H2,1H3,(H,18,19);1H. The van der Waals surface area contributed by atoms with E-state index >= 15 is 0 Å². The fraction of sp³-hybridized carbons (Fsp3) is 0.500. The van der Waals surface area contributed by atoms with E-state index in [1.807, 2.05) is 0 Å². The molecule has 2 N–H and O–H groups in total. The monoisotopic (exact) mass is 382 g/mol. The van der Waals surface area contributed by atoms with Crippen LogP contribution < -0.4 is 15.4 Å². The van der Waals surface area contributed by atoms with Crippen molar-refractivity contribution in [1.29, 1.82) is 0 Å². The van der Waals surface area contributed by atoms with Crippen LogP contribution in [-0.2, 0) is 4.79 Å². The lowest BCUT2D eigenvalue weighted by Crippen LogP contribution is -2.32. The summed E-state index contributed by atoms with van der Waals surface area (Å²) in [5.41, 5.74) is 0. The van der Waals surface area contributed by atoms with Gasteiger partial charge in [-0.2, -0.15) is 0 Å². The normalized spacial score (nSPS) is 9.86. The number of nitrogens with one attached hydrogen (secondary N) is 2. The van der Waals surface area contributed by atoms with Gasteiger partial charge in [-0.05, 0) is 31.2 Å². The second-order valence-corrected chi connectivity index (χ2v) is 5.19. The van der Waals surface area contributed by atoms with Crippen molar-refractivity contribution in [2.75, 3.05) is 26.2 Å². The van der Waals surface area contributed by atoms with Gasteiger partial charge >= 0.3 is 0 Å². The number of hydrogen-bond acceptors (Lipinski definition) is 3. The Kier molecular flexibility index (Phi) is 11.3. The van der Waals surface area contributed by atoms with E-state index in [2.05, 4.69) is 33.5 Å². The Morgan fingerprint density at radius 1 is 1.33 bits per heavy atom. The second kappa shape index (κ2) is 11.8. The van der Waals surface area contributed by atoms with Gasteiger partial charge in [0.05, 0.1) is 13.0 Å². The summed E-state index contributed by atoms with van der Waals surface area (Å²) in [6, 6.07) is 4.55. The minimum absolute atomic E-state index is 0. The van der Waals surface area contributed by atoms with Gasteiger partial charge in [0.15, 0.2) is 11.6 Å². The number of hydrogen-bond donors (Lipinski definition) is 2. The van der Waals surface area contributed by atoms with E-state index in [1.54, 1.807) is 6.07 Å². The maximum absolute atomic E-state index is 13.4. The van der Waals surface area contributed by atoms with Crippen LogP contribution in [0.4, 0.5) is 4.39 Å². The third kappa shape index (κ3) is 8.90. The number of carbonyl (C=O) groups excluding carboxylic acids is 1. The molecule has 0 saturated carbocycles. The van der Waals surface area contributed by atoms with Gasteiger partial charge in [-0.1, -0.05) is 22.9 Å². The first-order valence-corrected chi connectivity index (χ1v) is 7.48. The number of ether oxygens (including phenoxy) is 1. The van der Waals surface area contributed by atoms with Crippen molar-refractivity contribution in [3.63, 3.8) is 0 Å². The molecule has 1 amide bonds. The smallest absolute Gasteiger partial charge is 0.223 e. The van der Waals surface area contributed by atoms with Crippen molar-refractivity contribution in [1.82, 2.24) is 10.6 Å². The zero-order chi connectivity index (χ0) is 14.8. The van der Waals surface area contributed by atoms with Crippen LogP contribution in [-0.4, -0.2) is 32.1 Å². The zero-order valence-corrected chi connectivity index (χ0v) is 14.4. The van der Waals surface area contributed by atoms with Gasteiger partial charge in [0.25, 0.3) is 0 Å². The van der Waals surface area contributed by atoms with Gasteiger partial charge in [-0.3, -0.25) is 4.79 Å². The topological polar surface area (TPSA) is 50.4 Å². The van der Waals surface area contributed by atoms with E-state index in [1.165, 1.54) is 12.1 Å². The van der Waals surface area contributed by atoms with E-state index < -0.39 is 5.82 Å². The number of halogens is 3. The molecule has 0 heterocycles. The van der Waals surface area contributed by atoms with E-state index in [4.69, 9.17) is 4.74 Å². The molecule has 1 aromatic carbocycles. The van der Waals surface area contributed by atoms with Gasteiger partial charge in [0.1, 0.15) is 0 Å². The Labute approximate surface area is 139 Å². The summed E-state index contributed by atoms with van der Waals surface area (Å²) >= 11 is 3.17. The molecule has 0 aliphatic rings. The Morgan fingerprint density at radius 3 is 2.76 bits per heavy atom. The van der Waals surface area contributed by atoms with Crippen molar-refractivity contribution < 1.29 is 13.9 Å². The SMILES string of the molecule is CCCNCCNC(=O)CCOc1ccc(Br)cc1F.Cl. The first-order valence-electron chi connectivity index (χ1n) is 6.68. The highest BCUT2D eigenvalue weighted by Gasteiger charge is 2.05. The fourth-order valence-electron chi connectivity index (χ4n) is 1.53. The largest absolute Gasteiger partial charge is 0.490 e. The molecule has 0 fully saturated rings. The summed E-state index contributed by atoms with van der Waals surface area (Å²) in [6.45, 7) is 4.53. The molecule has 0 aliphatic heterocycles. The van der Waals surface area contributed by atoms with Gasteiger partial charge in [0.2, 0.25) is 5.91 Å². The second-order valence-electron chi connectivity index (χ2n) is 4.27. The molecule has 1 aromatic rings. The molecular weight excluding hydrogens is 363 g/mol. The van der Waals surface area contributed by atoms with Crippen LogP contribution in [0.15, 0.2) is 22.7 Å². The predicted octanol–water partition coefficient (Wildman–Crippen LogP) is 2.89. The van der Waals surface area contributed by atoms with E-state index in [0.717, 1.165) is 19.5 Å². The Morgan fingerprint density at radius 2 is 2.10 bits per heavy atom. The molecule has 0 aliphatic carbocycles. The van der Waals surface area contributed by atoms with Crippen molar-refractivity contribution >= 4 is 34.2 Å². The van der Waals surface area contributed by atoms with Gasteiger partial charge in [0, 0.05) is 17.6 Å². The summed E-state index contributed by atoms with van der Waals surface area (Å²) in [6.07, 6.45) is 1.28. The predicted molar refractivity (Wildman–Crippen MR) is 87.6 cm³/mol. The number of benzene rings is 1. The Balaban J connectivity index is 0.00000400. The van der Waals surface area contributed by atoms with Gasteiger partial charge in [-0.15, -0.1) is 12.4 Å². The molecular formula is C14H21BrClFN2O2. The van der Waals surface area contributed by atoms with Crippen LogP contribution in [0, 0.1) is 5.82 Å². The lowest BCUT2D eigenvalue weighted by atomic mass is 10.3. The maximum atomic E-state index is 13.4. The number of carbonyl (C=O) groups is 1. The molecule has 0 spiro atoms. The minimum atomic E-state index is -0.441. The maximum Gasteiger partial charge on any atom is 0.223 e. The van der Waals surface area contributed by atoms with Crippen molar-refractivity contribution in [3.8, 4) is 5.75 Å². The summed E-state index contributed by atoms with van der Waals surface area (Å²) in [7, 11) is 0. The molecule has 120 valence electrons. The van der Waals surface area contributed by atoms with Crippen LogP contribution >= 0.6 is 28.3 Å². The number of amides is 1. The van der Waals surface area contributed by atoms with Crippen molar-refractivity contribution in [3.05, 3.63) is 28.5 Å². The minimum Gasteiger partial charge on any atom is -0.490 e. The molecule has 0 aromatic heterocycles. The van der Waals surface area contributed by atoms with Gasteiger partial charge < -0.3 is 15.4 Å². The fourth-order valence-corrected chi connectivity index (χ4v) is 1.86. The van der Waals surface area contributed by atoms with Crippen molar-refractivity contribution in [2.24, 2.45) is 0 Å². The average molecular weight is 384 g/mol. The Hall–Kier alpha value is -0.850. The molecule has 4 nitrogen and oxygen atoms in total. The highest BCUT2D eigenvalue weighted by Crippen LogP contribution is 2.21. The Bertz CT molecular complexity index is 435. The van der Waals surface area contributed by atoms with Crippen LogP contribution in [0.1, 0.15) is 19.8 Å². The molecule has 7 heteroatoms. The summed E-state index contributed by atoms with van der Waals surface area (Å²) in [5, 5.41) is 5.95. The first-order chi connectivity index (χ1) is 9.63. The van der Waals surface area contributed by atoms with Crippen LogP contribution in [0.25, 0.3) is 0 Å². The zero-order valence-electron chi connectivity index (χ0n) is 12.0. The van der Waals surface area contributed by atoms with Crippen LogP contribution in [0.5, 0.6) is 5.75 Å². The van der Waals surface area contributed by atoms with E-state index in [0.29, 0.717) is 11.0 Å². The quantitative estimate of drug-likeness (QED) is 0.645. The van der Waals surface area contributed by atoms with E-state index in [9.17, 15) is 9.18 Å². The third-order valence-electron chi connectivity index (χ3n) is 2.53. The van der Waals surface area contributed by atoms with Gasteiger partial charge in [-0.25, -0.2) is 4.39 Å². The lowest BCUT2D eigenvalue weighted by molar-refractivity contribution is -0.121. The summed E-state index contributed by atoms with van der Waals surface area (Å²) < 4.78 is 19.3. The first kappa shape index (κ1) is 20.1. The molecule has 0 unspecified atom stereocenters. The molecule has 1 rings (SSSR count). The molecule has 0 saturated heterocycles. The lowest BCUT2D eigenvalue weighted by Gasteiger charge is -2.08.